The molecule has 0 atom stereocenters. The smallest absolute Gasteiger partial charge is 0.305 e. The zero-order chi connectivity index (χ0) is 13.1. The van der Waals surface area contributed by atoms with Gasteiger partial charge in [-0.15, -0.1) is 0 Å². The van der Waals surface area contributed by atoms with E-state index in [4.69, 9.17) is 0 Å². The first kappa shape index (κ1) is 13.6. The van der Waals surface area contributed by atoms with Gasteiger partial charge in [-0.05, 0) is 5.41 Å². The fraction of sp³-hybridized carbons (Fsp3) is 0.500. The molecule has 0 bridgehead atoms. The minimum absolute atomic E-state index is 0.0944. The third-order valence-electron chi connectivity index (χ3n) is 2.23. The highest BCUT2D eigenvalue weighted by atomic mass is 19.1. The molecule has 0 unspecified atom stereocenters. The quantitative estimate of drug-likeness (QED) is 0.650. The zero-order valence-electron chi connectivity index (χ0n) is 10.3. The fourth-order valence-electron chi connectivity index (χ4n) is 1.42. The molecule has 0 aliphatic rings. The number of hydrogen-bond donors (Lipinski definition) is 1. The van der Waals surface area contributed by atoms with E-state index in [1.165, 1.54) is 12.1 Å². The van der Waals surface area contributed by atoms with Crippen molar-refractivity contribution in [1.82, 2.24) is 5.32 Å². The molecule has 0 radical (unpaired) electrons. The van der Waals surface area contributed by atoms with Gasteiger partial charge in [0.25, 0.3) is 0 Å². The molecular formula is C12H17FN2O2. The summed E-state index contributed by atoms with van der Waals surface area (Å²) in [7, 11) is 0. The molecule has 1 N–H and O–H groups in total. The van der Waals surface area contributed by atoms with Crippen molar-refractivity contribution in [3.63, 3.8) is 0 Å². The summed E-state index contributed by atoms with van der Waals surface area (Å²) >= 11 is 0. The standard InChI is InChI=1S/C12H17FN2O2/c1-12(2,3)8-14-7-9-5-4-6-10(11(9)13)15(16)17/h4-6,14H,7-8H2,1-3H3. The number of rotatable bonds is 4. The van der Waals surface area contributed by atoms with Gasteiger partial charge in [-0.25, -0.2) is 0 Å². The van der Waals surface area contributed by atoms with Crippen molar-refractivity contribution in [2.24, 2.45) is 5.41 Å². The lowest BCUT2D eigenvalue weighted by Gasteiger charge is -2.18. The topological polar surface area (TPSA) is 55.2 Å². The maximum absolute atomic E-state index is 13.7. The van der Waals surface area contributed by atoms with Crippen molar-refractivity contribution in [3.8, 4) is 0 Å². The van der Waals surface area contributed by atoms with Crippen LogP contribution >= 0.6 is 0 Å². The van der Waals surface area contributed by atoms with Crippen molar-refractivity contribution in [1.29, 1.82) is 0 Å². The van der Waals surface area contributed by atoms with Crippen LogP contribution in [-0.2, 0) is 6.54 Å². The Hall–Kier alpha value is -1.49. The monoisotopic (exact) mass is 240 g/mol. The summed E-state index contributed by atoms with van der Waals surface area (Å²) in [6, 6.07) is 4.22. The lowest BCUT2D eigenvalue weighted by molar-refractivity contribution is -0.387. The van der Waals surface area contributed by atoms with Gasteiger partial charge in [-0.1, -0.05) is 32.9 Å². The number of benzene rings is 1. The Morgan fingerprint density at radius 1 is 1.41 bits per heavy atom. The highest BCUT2D eigenvalue weighted by Crippen LogP contribution is 2.20. The SMILES string of the molecule is CC(C)(C)CNCc1cccc([N+](=O)[O-])c1F. The predicted octanol–water partition coefficient (Wildman–Crippen LogP) is 2.87. The van der Waals surface area contributed by atoms with Gasteiger partial charge in [0.05, 0.1) is 4.92 Å². The number of nitro benzene ring substituents is 1. The Morgan fingerprint density at radius 2 is 2.06 bits per heavy atom. The summed E-state index contributed by atoms with van der Waals surface area (Å²) in [4.78, 5) is 9.85. The molecule has 5 heteroatoms. The minimum Gasteiger partial charge on any atom is -0.312 e. The van der Waals surface area contributed by atoms with E-state index in [9.17, 15) is 14.5 Å². The Morgan fingerprint density at radius 3 is 2.59 bits per heavy atom. The zero-order valence-corrected chi connectivity index (χ0v) is 10.3. The van der Waals surface area contributed by atoms with Gasteiger partial charge in [0, 0.05) is 24.7 Å². The van der Waals surface area contributed by atoms with Crippen LogP contribution in [0.15, 0.2) is 18.2 Å². The van der Waals surface area contributed by atoms with Gasteiger partial charge < -0.3 is 5.32 Å². The molecule has 0 fully saturated rings. The van der Waals surface area contributed by atoms with Gasteiger partial charge in [-0.2, -0.15) is 4.39 Å². The van der Waals surface area contributed by atoms with Gasteiger partial charge >= 0.3 is 5.69 Å². The van der Waals surface area contributed by atoms with Crippen LogP contribution in [0.4, 0.5) is 10.1 Å². The van der Waals surface area contributed by atoms with Gasteiger partial charge in [-0.3, -0.25) is 10.1 Å². The first-order chi connectivity index (χ1) is 7.81. The fourth-order valence-corrected chi connectivity index (χ4v) is 1.42. The van der Waals surface area contributed by atoms with E-state index in [1.54, 1.807) is 6.07 Å². The van der Waals surface area contributed by atoms with Crippen LogP contribution in [0.2, 0.25) is 0 Å². The van der Waals surface area contributed by atoms with Crippen molar-refractivity contribution in [2.75, 3.05) is 6.54 Å². The lowest BCUT2D eigenvalue weighted by Crippen LogP contribution is -2.26. The Kier molecular flexibility index (Phi) is 4.17. The average molecular weight is 240 g/mol. The van der Waals surface area contributed by atoms with Crippen LogP contribution in [0.5, 0.6) is 0 Å². The summed E-state index contributed by atoms with van der Waals surface area (Å²) in [5.41, 5.74) is -0.0551. The number of hydrogen-bond acceptors (Lipinski definition) is 3. The second-order valence-electron chi connectivity index (χ2n) is 5.17. The second-order valence-corrected chi connectivity index (χ2v) is 5.17. The molecule has 94 valence electrons. The molecule has 0 saturated heterocycles. The Balaban J connectivity index is 2.72. The van der Waals surface area contributed by atoms with Gasteiger partial charge in [0.15, 0.2) is 0 Å². The summed E-state index contributed by atoms with van der Waals surface area (Å²) in [6.45, 7) is 7.19. The highest BCUT2D eigenvalue weighted by Gasteiger charge is 2.17. The van der Waals surface area contributed by atoms with Gasteiger partial charge in [0.2, 0.25) is 5.82 Å². The van der Waals surface area contributed by atoms with Crippen LogP contribution in [0.1, 0.15) is 26.3 Å². The Bertz CT molecular complexity index is 413. The number of halogens is 1. The second kappa shape index (κ2) is 5.23. The molecule has 0 aliphatic carbocycles. The first-order valence-corrected chi connectivity index (χ1v) is 5.44. The Labute approximate surface area is 100.0 Å². The van der Waals surface area contributed by atoms with Gasteiger partial charge in [0.1, 0.15) is 0 Å². The summed E-state index contributed by atoms with van der Waals surface area (Å²) in [6.07, 6.45) is 0. The maximum atomic E-state index is 13.7. The maximum Gasteiger partial charge on any atom is 0.305 e. The lowest BCUT2D eigenvalue weighted by atomic mass is 9.97. The molecule has 0 amide bonds. The van der Waals surface area contributed by atoms with E-state index >= 15 is 0 Å². The normalized spacial score (nSPS) is 11.5. The molecule has 1 aromatic carbocycles. The molecule has 0 spiro atoms. The summed E-state index contributed by atoms with van der Waals surface area (Å²) < 4.78 is 13.7. The molecule has 0 saturated carbocycles. The minimum atomic E-state index is -0.751. The van der Waals surface area contributed by atoms with Crippen LogP contribution in [0.3, 0.4) is 0 Å². The van der Waals surface area contributed by atoms with Crippen molar-refractivity contribution in [3.05, 3.63) is 39.7 Å². The number of nitro groups is 1. The molecule has 0 aromatic heterocycles. The predicted molar refractivity (Wildman–Crippen MR) is 64.2 cm³/mol. The van der Waals surface area contributed by atoms with E-state index in [-0.39, 0.29) is 5.41 Å². The van der Waals surface area contributed by atoms with Crippen molar-refractivity contribution < 1.29 is 9.31 Å². The molecule has 1 aromatic rings. The first-order valence-electron chi connectivity index (χ1n) is 5.44. The molecule has 4 nitrogen and oxygen atoms in total. The number of nitrogens with one attached hydrogen (secondary N) is 1. The molecular weight excluding hydrogens is 223 g/mol. The van der Waals surface area contributed by atoms with Crippen molar-refractivity contribution in [2.45, 2.75) is 27.3 Å². The van der Waals surface area contributed by atoms with E-state index in [0.717, 1.165) is 6.54 Å². The van der Waals surface area contributed by atoms with Crippen LogP contribution in [0, 0.1) is 21.3 Å². The molecule has 0 heterocycles. The largest absolute Gasteiger partial charge is 0.312 e. The molecule has 17 heavy (non-hydrogen) atoms. The molecule has 0 aliphatic heterocycles. The summed E-state index contributed by atoms with van der Waals surface area (Å²) in [5.74, 6) is -0.751. The highest BCUT2D eigenvalue weighted by molar-refractivity contribution is 5.36. The third kappa shape index (κ3) is 4.11. The van der Waals surface area contributed by atoms with E-state index in [1.807, 2.05) is 0 Å². The van der Waals surface area contributed by atoms with Crippen LogP contribution in [0.25, 0.3) is 0 Å². The molecule has 1 rings (SSSR count). The van der Waals surface area contributed by atoms with Crippen molar-refractivity contribution >= 4 is 5.69 Å². The third-order valence-corrected chi connectivity index (χ3v) is 2.23. The van der Waals surface area contributed by atoms with E-state index in [2.05, 4.69) is 26.1 Å². The van der Waals surface area contributed by atoms with Crippen LogP contribution < -0.4 is 5.32 Å². The van der Waals surface area contributed by atoms with E-state index < -0.39 is 16.4 Å². The number of nitrogens with zero attached hydrogens (tertiary/aromatic N) is 1. The van der Waals surface area contributed by atoms with E-state index in [0.29, 0.717) is 12.1 Å². The average Bonchev–Trinajstić information content (AvgIpc) is 2.18. The van der Waals surface area contributed by atoms with Crippen LogP contribution in [-0.4, -0.2) is 11.5 Å². The summed E-state index contributed by atoms with van der Waals surface area (Å²) in [5, 5.41) is 13.6.